The second-order valence-corrected chi connectivity index (χ2v) is 9.24. The van der Waals surface area contributed by atoms with Crippen LogP contribution in [0.5, 0.6) is 0 Å². The van der Waals surface area contributed by atoms with Crippen LogP contribution < -0.4 is 0 Å². The molecule has 1 unspecified atom stereocenters. The molecule has 1 aliphatic rings. The average Bonchev–Trinajstić information content (AvgIpc) is 2.91. The van der Waals surface area contributed by atoms with E-state index in [1.54, 1.807) is 7.05 Å². The number of carbonyl (C=O) groups excluding carboxylic acids is 1. The van der Waals surface area contributed by atoms with E-state index >= 15 is 0 Å². The van der Waals surface area contributed by atoms with E-state index in [1.807, 2.05) is 27.7 Å². The summed E-state index contributed by atoms with van der Waals surface area (Å²) >= 11 is 0. The Morgan fingerprint density at radius 1 is 1.41 bits per heavy atom. The monoisotopic (exact) mass is 328 g/mol. The molecule has 1 fully saturated rings. The number of sulfone groups is 1. The summed E-state index contributed by atoms with van der Waals surface area (Å²) < 4.78 is 28.8. The van der Waals surface area contributed by atoms with Gasteiger partial charge in [-0.2, -0.15) is 0 Å². The highest BCUT2D eigenvalue weighted by atomic mass is 32.2. The molecular formula is C15H24N2O4S. The van der Waals surface area contributed by atoms with Crippen molar-refractivity contribution in [1.29, 1.82) is 0 Å². The molecule has 0 aliphatic carbocycles. The second kappa shape index (κ2) is 5.68. The van der Waals surface area contributed by atoms with Crippen LogP contribution in [0, 0.1) is 6.92 Å². The largest absolute Gasteiger partial charge is 0.444 e. The normalized spacial score (nSPS) is 21.0. The fourth-order valence-electron chi connectivity index (χ4n) is 2.46. The number of rotatable bonds is 3. The van der Waals surface area contributed by atoms with Gasteiger partial charge in [-0.3, -0.25) is 4.79 Å². The van der Waals surface area contributed by atoms with Gasteiger partial charge in [-0.15, -0.1) is 0 Å². The van der Waals surface area contributed by atoms with E-state index < -0.39 is 9.84 Å². The smallest absolute Gasteiger partial charge is 0.230 e. The molecular weight excluding hydrogens is 304 g/mol. The van der Waals surface area contributed by atoms with Crippen molar-refractivity contribution < 1.29 is 17.6 Å². The number of oxazole rings is 1. The molecule has 22 heavy (non-hydrogen) atoms. The molecule has 1 amide bonds. The zero-order valence-electron chi connectivity index (χ0n) is 13.8. The lowest BCUT2D eigenvalue weighted by molar-refractivity contribution is -0.131. The lowest BCUT2D eigenvalue weighted by Crippen LogP contribution is -2.38. The van der Waals surface area contributed by atoms with Gasteiger partial charge in [0.15, 0.2) is 15.7 Å². The molecule has 1 atom stereocenters. The van der Waals surface area contributed by atoms with Crippen LogP contribution in [0.2, 0.25) is 0 Å². The van der Waals surface area contributed by atoms with Gasteiger partial charge in [-0.25, -0.2) is 13.4 Å². The summed E-state index contributed by atoms with van der Waals surface area (Å²) in [5.41, 5.74) is 0.503. The summed E-state index contributed by atoms with van der Waals surface area (Å²) in [6, 6.07) is -0.234. The maximum absolute atomic E-state index is 12.4. The third-order valence-electron chi connectivity index (χ3n) is 4.00. The molecule has 0 N–H and O–H groups in total. The highest BCUT2D eigenvalue weighted by Gasteiger charge is 2.33. The van der Waals surface area contributed by atoms with E-state index in [9.17, 15) is 13.2 Å². The zero-order chi connectivity index (χ0) is 16.7. The second-order valence-electron chi connectivity index (χ2n) is 7.02. The van der Waals surface area contributed by atoms with Crippen LogP contribution in [0.25, 0.3) is 0 Å². The quantitative estimate of drug-likeness (QED) is 0.839. The maximum atomic E-state index is 12.4. The fourth-order valence-corrected chi connectivity index (χ4v) is 4.23. The van der Waals surface area contributed by atoms with Gasteiger partial charge in [0.05, 0.1) is 23.6 Å². The van der Waals surface area contributed by atoms with Gasteiger partial charge < -0.3 is 9.32 Å². The van der Waals surface area contributed by atoms with Crippen LogP contribution in [-0.2, 0) is 26.5 Å². The van der Waals surface area contributed by atoms with Gasteiger partial charge >= 0.3 is 0 Å². The molecule has 2 heterocycles. The predicted octanol–water partition coefficient (Wildman–Crippen LogP) is 1.47. The number of aromatic nitrogens is 1. The molecule has 124 valence electrons. The predicted molar refractivity (Wildman–Crippen MR) is 83.5 cm³/mol. The van der Waals surface area contributed by atoms with E-state index in [0.717, 1.165) is 0 Å². The van der Waals surface area contributed by atoms with Gasteiger partial charge in [0.2, 0.25) is 5.91 Å². The molecule has 0 bridgehead atoms. The number of hydrogen-bond donors (Lipinski definition) is 0. The molecule has 1 aromatic heterocycles. The highest BCUT2D eigenvalue weighted by molar-refractivity contribution is 7.91. The summed E-state index contributed by atoms with van der Waals surface area (Å²) in [7, 11) is -1.34. The van der Waals surface area contributed by atoms with E-state index in [0.29, 0.717) is 23.8 Å². The number of carbonyl (C=O) groups is 1. The number of aryl methyl sites for hydroxylation is 1. The van der Waals surface area contributed by atoms with Crippen molar-refractivity contribution in [3.8, 4) is 0 Å². The minimum Gasteiger partial charge on any atom is -0.444 e. The van der Waals surface area contributed by atoms with Crippen molar-refractivity contribution in [2.24, 2.45) is 0 Å². The summed E-state index contributed by atoms with van der Waals surface area (Å²) in [5, 5.41) is 0. The minimum absolute atomic E-state index is 0.0534. The average molecular weight is 328 g/mol. The molecule has 0 saturated carbocycles. The summed E-state index contributed by atoms with van der Waals surface area (Å²) in [5.74, 6) is 1.24. The first kappa shape index (κ1) is 17.0. The first-order chi connectivity index (χ1) is 9.99. The number of hydrogen-bond acceptors (Lipinski definition) is 5. The first-order valence-corrected chi connectivity index (χ1v) is 9.24. The SMILES string of the molecule is Cc1nc(C(C)(C)C)oc1CC(=O)N(C)C1CCS(=O)(=O)C1. The van der Waals surface area contributed by atoms with Gasteiger partial charge in [0.1, 0.15) is 5.76 Å². The first-order valence-electron chi connectivity index (χ1n) is 7.42. The summed E-state index contributed by atoms with van der Waals surface area (Å²) in [4.78, 5) is 18.3. The van der Waals surface area contributed by atoms with Crippen LogP contribution in [0.3, 0.4) is 0 Å². The van der Waals surface area contributed by atoms with E-state index in [1.165, 1.54) is 4.90 Å². The Kier molecular flexibility index (Phi) is 4.39. The van der Waals surface area contributed by atoms with Crippen molar-refractivity contribution in [2.45, 2.75) is 52.0 Å². The highest BCUT2D eigenvalue weighted by Crippen LogP contribution is 2.25. The zero-order valence-corrected chi connectivity index (χ0v) is 14.7. The van der Waals surface area contributed by atoms with E-state index in [-0.39, 0.29) is 35.3 Å². The third-order valence-corrected chi connectivity index (χ3v) is 5.75. The van der Waals surface area contributed by atoms with Crippen LogP contribution in [0.15, 0.2) is 4.42 Å². The van der Waals surface area contributed by atoms with Crippen LogP contribution >= 0.6 is 0 Å². The van der Waals surface area contributed by atoms with Gasteiger partial charge in [0, 0.05) is 18.5 Å². The topological polar surface area (TPSA) is 80.5 Å². The molecule has 0 spiro atoms. The van der Waals surface area contributed by atoms with Crippen molar-refractivity contribution >= 4 is 15.7 Å². The number of amides is 1. The molecule has 7 heteroatoms. The summed E-state index contributed by atoms with van der Waals surface area (Å²) in [6.45, 7) is 7.82. The van der Waals surface area contributed by atoms with Gasteiger partial charge in [-0.1, -0.05) is 20.8 Å². The van der Waals surface area contributed by atoms with Crippen LogP contribution in [0.1, 0.15) is 44.5 Å². The molecule has 1 aliphatic heterocycles. The van der Waals surface area contributed by atoms with Crippen LogP contribution in [-0.4, -0.2) is 48.8 Å². The standard InChI is InChI=1S/C15H24N2O4S/c1-10-12(21-14(16-10)15(2,3)4)8-13(18)17(5)11-6-7-22(19,20)9-11/h11H,6-9H2,1-5H3. The fraction of sp³-hybridized carbons (Fsp3) is 0.733. The Morgan fingerprint density at radius 2 is 2.05 bits per heavy atom. The van der Waals surface area contributed by atoms with Crippen molar-refractivity contribution in [3.63, 3.8) is 0 Å². The molecule has 0 aromatic carbocycles. The van der Waals surface area contributed by atoms with Gasteiger partial charge in [0.25, 0.3) is 0 Å². The Labute approximate surface area is 131 Å². The Hall–Kier alpha value is -1.37. The lowest BCUT2D eigenvalue weighted by Gasteiger charge is -2.23. The Bertz CT molecular complexity index is 670. The van der Waals surface area contributed by atoms with E-state index in [2.05, 4.69) is 4.98 Å². The molecule has 2 rings (SSSR count). The van der Waals surface area contributed by atoms with Crippen molar-refractivity contribution in [2.75, 3.05) is 18.6 Å². The number of nitrogens with zero attached hydrogens (tertiary/aromatic N) is 2. The Morgan fingerprint density at radius 3 is 2.50 bits per heavy atom. The molecule has 1 saturated heterocycles. The Balaban J connectivity index is 2.08. The minimum atomic E-state index is -3.00. The lowest BCUT2D eigenvalue weighted by atomic mass is 9.97. The third kappa shape index (κ3) is 3.69. The van der Waals surface area contributed by atoms with Crippen molar-refractivity contribution in [1.82, 2.24) is 9.88 Å². The molecule has 1 aromatic rings. The summed E-state index contributed by atoms with van der Waals surface area (Å²) in [6.07, 6.45) is 0.620. The van der Waals surface area contributed by atoms with Crippen molar-refractivity contribution in [3.05, 3.63) is 17.3 Å². The molecule has 6 nitrogen and oxygen atoms in total. The van der Waals surface area contributed by atoms with E-state index in [4.69, 9.17) is 4.42 Å². The maximum Gasteiger partial charge on any atom is 0.230 e. The number of likely N-dealkylation sites (N-methyl/N-ethyl adjacent to an activating group) is 1. The molecule has 0 radical (unpaired) electrons. The van der Waals surface area contributed by atoms with Crippen LogP contribution in [0.4, 0.5) is 0 Å². The van der Waals surface area contributed by atoms with Gasteiger partial charge in [-0.05, 0) is 13.3 Å².